The maximum atomic E-state index is 12.0. The number of benzene rings is 1. The third-order valence-electron chi connectivity index (χ3n) is 5.38. The minimum atomic E-state index is -0.544. The summed E-state index contributed by atoms with van der Waals surface area (Å²) in [6.45, 7) is 5.62. The second-order valence-corrected chi connectivity index (χ2v) is 7.04. The van der Waals surface area contributed by atoms with E-state index in [0.717, 1.165) is 31.9 Å². The average Bonchev–Trinajstić information content (AvgIpc) is 2.78. The van der Waals surface area contributed by atoms with Crippen LogP contribution in [0.25, 0.3) is 22.3 Å². The Kier molecular flexibility index (Phi) is 5.37. The maximum Gasteiger partial charge on any atom is 0.251 e. The quantitative estimate of drug-likeness (QED) is 0.686. The Labute approximate surface area is 169 Å². The molecule has 2 aromatic heterocycles. The number of pyridine rings is 1. The third-order valence-corrected chi connectivity index (χ3v) is 5.38. The van der Waals surface area contributed by atoms with E-state index >= 15 is 0 Å². The number of carbonyl (C=O) groups is 1. The van der Waals surface area contributed by atoms with Crippen molar-refractivity contribution in [3.05, 3.63) is 47.8 Å². The Hall–Kier alpha value is -3.10. The average molecular weight is 392 g/mol. The van der Waals surface area contributed by atoms with Gasteiger partial charge in [-0.25, -0.2) is 15.0 Å². The van der Waals surface area contributed by atoms with Crippen LogP contribution >= 0.6 is 0 Å². The lowest BCUT2D eigenvalue weighted by Gasteiger charge is -2.32. The number of aromatic nitrogens is 3. The zero-order valence-corrected chi connectivity index (χ0v) is 16.6. The molecule has 1 saturated heterocycles. The maximum absolute atomic E-state index is 12.0. The molecule has 150 valence electrons. The summed E-state index contributed by atoms with van der Waals surface area (Å²) in [6, 6.07) is 10.2. The highest BCUT2D eigenvalue weighted by Gasteiger charge is 2.19. The van der Waals surface area contributed by atoms with Crippen LogP contribution in [0.3, 0.4) is 0 Å². The van der Waals surface area contributed by atoms with Crippen molar-refractivity contribution in [3.63, 3.8) is 0 Å². The summed E-state index contributed by atoms with van der Waals surface area (Å²) in [5.41, 5.74) is 9.68. The molecule has 8 nitrogen and oxygen atoms in total. The standard InChI is InChI=1S/C21H24N6O2/c1-13(27-7-9-29-10-8-27)14-3-5-15(6-4-14)17-11-16(20(22)28)18-19(26-17)21(23-2)25-12-24-18/h3-6,11-13H,7-10H2,1-2H3,(H2,22,28)(H,23,24,25). The van der Waals surface area contributed by atoms with Crippen LogP contribution in [-0.4, -0.2) is 59.1 Å². The van der Waals surface area contributed by atoms with Gasteiger partial charge in [0, 0.05) is 31.7 Å². The molecule has 3 aromatic rings. The first-order chi connectivity index (χ1) is 14.1. The van der Waals surface area contributed by atoms with E-state index in [4.69, 9.17) is 15.5 Å². The van der Waals surface area contributed by atoms with Crippen molar-refractivity contribution in [1.29, 1.82) is 0 Å². The molecule has 29 heavy (non-hydrogen) atoms. The molecule has 1 amide bonds. The van der Waals surface area contributed by atoms with E-state index in [-0.39, 0.29) is 0 Å². The van der Waals surface area contributed by atoms with Gasteiger partial charge in [0.1, 0.15) is 17.4 Å². The molecule has 0 aliphatic carbocycles. The SMILES string of the molecule is CNc1ncnc2c(C(N)=O)cc(-c3ccc(C(C)N4CCOCC4)cc3)nc12. The molecule has 8 heteroatoms. The van der Waals surface area contributed by atoms with Gasteiger partial charge in [0.15, 0.2) is 5.82 Å². The number of hydrogen-bond acceptors (Lipinski definition) is 7. The van der Waals surface area contributed by atoms with E-state index in [9.17, 15) is 4.79 Å². The van der Waals surface area contributed by atoms with Crippen LogP contribution < -0.4 is 11.1 Å². The molecule has 4 rings (SSSR count). The number of nitrogens with two attached hydrogens (primary N) is 1. The Morgan fingerprint density at radius 1 is 1.17 bits per heavy atom. The van der Waals surface area contributed by atoms with Crippen molar-refractivity contribution in [1.82, 2.24) is 19.9 Å². The molecule has 0 radical (unpaired) electrons. The monoisotopic (exact) mass is 392 g/mol. The number of ether oxygens (including phenoxy) is 1. The summed E-state index contributed by atoms with van der Waals surface area (Å²) in [5.74, 6) is 0.00822. The topological polar surface area (TPSA) is 106 Å². The molecule has 0 spiro atoms. The molecule has 3 N–H and O–H groups in total. The summed E-state index contributed by atoms with van der Waals surface area (Å²) in [7, 11) is 1.75. The first-order valence-corrected chi connectivity index (χ1v) is 9.64. The van der Waals surface area contributed by atoms with Crippen LogP contribution in [0.5, 0.6) is 0 Å². The van der Waals surface area contributed by atoms with Gasteiger partial charge in [-0.15, -0.1) is 0 Å². The molecule has 1 unspecified atom stereocenters. The largest absolute Gasteiger partial charge is 0.379 e. The molecule has 1 atom stereocenters. The van der Waals surface area contributed by atoms with Gasteiger partial charge in [-0.05, 0) is 18.6 Å². The zero-order chi connectivity index (χ0) is 20.4. The van der Waals surface area contributed by atoms with Crippen molar-refractivity contribution in [2.24, 2.45) is 5.73 Å². The lowest BCUT2D eigenvalue weighted by atomic mass is 10.0. The van der Waals surface area contributed by atoms with Crippen molar-refractivity contribution in [3.8, 4) is 11.3 Å². The second kappa shape index (κ2) is 8.10. The van der Waals surface area contributed by atoms with Crippen LogP contribution in [0.15, 0.2) is 36.7 Å². The van der Waals surface area contributed by atoms with Crippen LogP contribution in [0.4, 0.5) is 5.82 Å². The normalized spacial score (nSPS) is 15.9. The van der Waals surface area contributed by atoms with Crippen molar-refractivity contribution in [2.75, 3.05) is 38.7 Å². The zero-order valence-electron chi connectivity index (χ0n) is 16.6. The molecule has 0 saturated carbocycles. The molecule has 1 fully saturated rings. The molecule has 3 heterocycles. The van der Waals surface area contributed by atoms with Crippen molar-refractivity contribution < 1.29 is 9.53 Å². The summed E-state index contributed by atoms with van der Waals surface area (Å²) < 4.78 is 5.44. The Morgan fingerprint density at radius 2 is 1.90 bits per heavy atom. The number of nitrogens with one attached hydrogen (secondary N) is 1. The van der Waals surface area contributed by atoms with Gasteiger partial charge in [-0.3, -0.25) is 9.69 Å². The molecular formula is C21H24N6O2. The van der Waals surface area contributed by atoms with Gasteiger partial charge < -0.3 is 15.8 Å². The van der Waals surface area contributed by atoms with E-state index < -0.39 is 5.91 Å². The highest BCUT2D eigenvalue weighted by Crippen LogP contribution is 2.28. The van der Waals surface area contributed by atoms with Gasteiger partial charge in [-0.1, -0.05) is 24.3 Å². The summed E-state index contributed by atoms with van der Waals surface area (Å²) in [6.07, 6.45) is 1.39. The number of anilines is 1. The molecule has 1 aromatic carbocycles. The lowest BCUT2D eigenvalue weighted by Crippen LogP contribution is -2.37. The fraction of sp³-hybridized carbons (Fsp3) is 0.333. The van der Waals surface area contributed by atoms with E-state index in [0.29, 0.717) is 34.2 Å². The Balaban J connectivity index is 1.71. The smallest absolute Gasteiger partial charge is 0.251 e. The highest BCUT2D eigenvalue weighted by molar-refractivity contribution is 6.06. The summed E-state index contributed by atoms with van der Waals surface area (Å²) in [5, 5.41) is 2.99. The van der Waals surface area contributed by atoms with Crippen LogP contribution in [0.2, 0.25) is 0 Å². The minimum Gasteiger partial charge on any atom is -0.379 e. The van der Waals surface area contributed by atoms with E-state index in [1.807, 2.05) is 12.1 Å². The van der Waals surface area contributed by atoms with E-state index in [1.54, 1.807) is 13.1 Å². The fourth-order valence-electron chi connectivity index (χ4n) is 3.67. The van der Waals surface area contributed by atoms with E-state index in [2.05, 4.69) is 39.2 Å². The van der Waals surface area contributed by atoms with Crippen LogP contribution in [-0.2, 0) is 4.74 Å². The molecular weight excluding hydrogens is 368 g/mol. The molecule has 1 aliphatic heterocycles. The Bertz CT molecular complexity index is 1030. The first kappa shape index (κ1) is 19.2. The predicted molar refractivity (Wildman–Crippen MR) is 112 cm³/mol. The van der Waals surface area contributed by atoms with Crippen LogP contribution in [0.1, 0.15) is 28.9 Å². The number of carbonyl (C=O) groups excluding carboxylic acids is 1. The van der Waals surface area contributed by atoms with Gasteiger partial charge in [-0.2, -0.15) is 0 Å². The van der Waals surface area contributed by atoms with Crippen molar-refractivity contribution >= 4 is 22.8 Å². The number of amides is 1. The molecule has 0 bridgehead atoms. The van der Waals surface area contributed by atoms with Gasteiger partial charge in [0.2, 0.25) is 0 Å². The Morgan fingerprint density at radius 3 is 2.55 bits per heavy atom. The number of morpholine rings is 1. The third kappa shape index (κ3) is 3.76. The van der Waals surface area contributed by atoms with Gasteiger partial charge >= 0.3 is 0 Å². The first-order valence-electron chi connectivity index (χ1n) is 9.64. The van der Waals surface area contributed by atoms with E-state index in [1.165, 1.54) is 11.9 Å². The number of fused-ring (bicyclic) bond motifs is 1. The second-order valence-electron chi connectivity index (χ2n) is 7.04. The van der Waals surface area contributed by atoms with Gasteiger partial charge in [0.05, 0.1) is 24.5 Å². The predicted octanol–water partition coefficient (Wildman–Crippen LogP) is 2.23. The number of primary amides is 1. The number of nitrogens with zero attached hydrogens (tertiary/aromatic N) is 4. The number of hydrogen-bond donors (Lipinski definition) is 2. The van der Waals surface area contributed by atoms with Gasteiger partial charge in [0.25, 0.3) is 5.91 Å². The summed E-state index contributed by atoms with van der Waals surface area (Å²) in [4.78, 5) is 27.5. The molecule has 1 aliphatic rings. The van der Waals surface area contributed by atoms with Crippen molar-refractivity contribution in [2.45, 2.75) is 13.0 Å². The summed E-state index contributed by atoms with van der Waals surface area (Å²) >= 11 is 0. The highest BCUT2D eigenvalue weighted by atomic mass is 16.5. The fourth-order valence-corrected chi connectivity index (χ4v) is 3.67. The minimum absolute atomic E-state index is 0.308. The lowest BCUT2D eigenvalue weighted by molar-refractivity contribution is 0.0198. The number of rotatable bonds is 5. The van der Waals surface area contributed by atoms with Crippen LogP contribution in [0, 0.1) is 0 Å².